The summed E-state index contributed by atoms with van der Waals surface area (Å²) >= 11 is 0. The van der Waals surface area contributed by atoms with Gasteiger partial charge in [-0.05, 0) is 32.6 Å². The van der Waals surface area contributed by atoms with Crippen molar-refractivity contribution in [1.29, 1.82) is 0 Å². The van der Waals surface area contributed by atoms with Crippen LogP contribution in [0.1, 0.15) is 66.7 Å². The van der Waals surface area contributed by atoms with Gasteiger partial charge in [0.1, 0.15) is 0 Å². The minimum absolute atomic E-state index is 0.226. The maximum absolute atomic E-state index is 12.6. The zero-order chi connectivity index (χ0) is 13.1. The normalized spacial score (nSPS) is 31.0. The Hall–Kier alpha value is -0.570. The van der Waals surface area contributed by atoms with Crippen LogP contribution in [0.4, 0.5) is 0 Å². The lowest BCUT2D eigenvalue weighted by Crippen LogP contribution is -2.45. The molecule has 17 heavy (non-hydrogen) atoms. The molecular weight excluding hydrogens is 212 g/mol. The summed E-state index contributed by atoms with van der Waals surface area (Å²) in [7, 11) is 0. The predicted octanol–water partition coefficient (Wildman–Crippen LogP) is 2.90. The Morgan fingerprint density at radius 2 is 2.00 bits per heavy atom. The van der Waals surface area contributed by atoms with E-state index in [-0.39, 0.29) is 11.7 Å². The molecule has 0 aromatic heterocycles. The van der Waals surface area contributed by atoms with E-state index in [2.05, 4.69) is 37.9 Å². The van der Waals surface area contributed by atoms with Crippen molar-refractivity contribution in [2.24, 2.45) is 0 Å². The van der Waals surface area contributed by atoms with E-state index in [1.165, 1.54) is 0 Å². The topological polar surface area (TPSA) is 32.3 Å². The van der Waals surface area contributed by atoms with Gasteiger partial charge in [0.05, 0.1) is 11.7 Å². The Kier molecular flexibility index (Phi) is 4.99. The summed E-state index contributed by atoms with van der Waals surface area (Å²) in [5.74, 6) is 0.298. The zero-order valence-corrected chi connectivity index (χ0v) is 12.0. The van der Waals surface area contributed by atoms with Crippen molar-refractivity contribution in [3.8, 4) is 0 Å². The average Bonchev–Trinajstić information content (AvgIpc) is 2.60. The molecule has 0 aromatic rings. The minimum atomic E-state index is -0.345. The van der Waals surface area contributed by atoms with E-state index >= 15 is 0 Å². The molecule has 1 rings (SSSR count). The average molecular weight is 240 g/mol. The highest BCUT2D eigenvalue weighted by atomic mass is 16.2. The number of hydrogen-bond acceptors (Lipinski definition) is 2. The third-order valence-electron chi connectivity index (χ3n) is 4.11. The molecule has 1 aliphatic rings. The van der Waals surface area contributed by atoms with Gasteiger partial charge < -0.3 is 4.90 Å². The summed E-state index contributed by atoms with van der Waals surface area (Å²) in [5.41, 5.74) is -0.345. The summed E-state index contributed by atoms with van der Waals surface area (Å²) in [6.45, 7) is 10.6. The maximum Gasteiger partial charge on any atom is 0.244 e. The van der Waals surface area contributed by atoms with Crippen molar-refractivity contribution in [3.05, 3.63) is 0 Å². The molecule has 1 heterocycles. The highest BCUT2D eigenvalue weighted by molar-refractivity contribution is 5.88. The largest absolute Gasteiger partial charge is 0.323 e. The van der Waals surface area contributed by atoms with E-state index in [4.69, 9.17) is 0 Å². The number of carbonyl (C=O) groups is 1. The lowest BCUT2D eigenvalue weighted by molar-refractivity contribution is -0.135. The van der Waals surface area contributed by atoms with Gasteiger partial charge in [-0.15, -0.1) is 0 Å². The molecule has 100 valence electrons. The highest BCUT2D eigenvalue weighted by Gasteiger charge is 2.47. The van der Waals surface area contributed by atoms with Gasteiger partial charge in [0.15, 0.2) is 0 Å². The SMILES string of the molecule is CCCC(CC)N1C(=O)C(C)(CC)NC1CC. The second-order valence-corrected chi connectivity index (χ2v) is 5.32. The van der Waals surface area contributed by atoms with Crippen LogP contribution in [-0.4, -0.2) is 28.6 Å². The maximum atomic E-state index is 12.6. The summed E-state index contributed by atoms with van der Waals surface area (Å²) < 4.78 is 0. The first kappa shape index (κ1) is 14.5. The summed E-state index contributed by atoms with van der Waals surface area (Å²) in [4.78, 5) is 14.7. The van der Waals surface area contributed by atoms with Crippen LogP contribution < -0.4 is 5.32 Å². The number of hydrogen-bond donors (Lipinski definition) is 1. The Morgan fingerprint density at radius 3 is 2.41 bits per heavy atom. The second kappa shape index (κ2) is 5.85. The van der Waals surface area contributed by atoms with E-state index in [0.29, 0.717) is 11.9 Å². The number of nitrogens with one attached hydrogen (secondary N) is 1. The molecule has 0 spiro atoms. The minimum Gasteiger partial charge on any atom is -0.323 e. The Bertz CT molecular complexity index is 261. The van der Waals surface area contributed by atoms with E-state index in [0.717, 1.165) is 32.1 Å². The molecule has 1 saturated heterocycles. The predicted molar refractivity (Wildman–Crippen MR) is 71.7 cm³/mol. The van der Waals surface area contributed by atoms with Crippen LogP contribution in [-0.2, 0) is 4.79 Å². The quantitative estimate of drug-likeness (QED) is 0.774. The van der Waals surface area contributed by atoms with Gasteiger partial charge in [0, 0.05) is 6.04 Å². The molecular formula is C14H28N2O. The molecule has 1 aliphatic heterocycles. The van der Waals surface area contributed by atoms with E-state index < -0.39 is 0 Å². The number of carbonyl (C=O) groups excluding carboxylic acids is 1. The van der Waals surface area contributed by atoms with Crippen molar-refractivity contribution in [2.75, 3.05) is 0 Å². The number of rotatable bonds is 6. The molecule has 3 atom stereocenters. The van der Waals surface area contributed by atoms with Gasteiger partial charge >= 0.3 is 0 Å². The van der Waals surface area contributed by atoms with Crippen LogP contribution in [0.15, 0.2) is 0 Å². The van der Waals surface area contributed by atoms with Crippen LogP contribution in [0.25, 0.3) is 0 Å². The lowest BCUT2D eigenvalue weighted by Gasteiger charge is -2.31. The van der Waals surface area contributed by atoms with Gasteiger partial charge in [-0.3, -0.25) is 10.1 Å². The van der Waals surface area contributed by atoms with Crippen molar-refractivity contribution in [2.45, 2.75) is 84.5 Å². The monoisotopic (exact) mass is 240 g/mol. The molecule has 0 bridgehead atoms. The molecule has 3 heteroatoms. The number of nitrogens with zero attached hydrogens (tertiary/aromatic N) is 1. The van der Waals surface area contributed by atoms with Crippen molar-refractivity contribution in [3.63, 3.8) is 0 Å². The molecule has 0 radical (unpaired) electrons. The molecule has 1 N–H and O–H groups in total. The fourth-order valence-corrected chi connectivity index (χ4v) is 2.77. The number of amides is 1. The Balaban J connectivity index is 2.91. The fourth-order valence-electron chi connectivity index (χ4n) is 2.77. The third kappa shape index (κ3) is 2.65. The van der Waals surface area contributed by atoms with Crippen molar-refractivity contribution < 1.29 is 4.79 Å². The Labute approximate surface area is 106 Å². The highest BCUT2D eigenvalue weighted by Crippen LogP contribution is 2.29. The smallest absolute Gasteiger partial charge is 0.244 e. The summed E-state index contributed by atoms with van der Waals surface area (Å²) in [6, 6.07) is 0.401. The molecule has 3 nitrogen and oxygen atoms in total. The first-order valence-electron chi connectivity index (χ1n) is 7.14. The Morgan fingerprint density at radius 1 is 1.35 bits per heavy atom. The van der Waals surface area contributed by atoms with Crippen LogP contribution in [0, 0.1) is 0 Å². The van der Waals surface area contributed by atoms with Crippen LogP contribution in [0.3, 0.4) is 0 Å². The summed E-state index contributed by atoms with van der Waals surface area (Å²) in [5, 5.41) is 3.52. The van der Waals surface area contributed by atoms with E-state index in [9.17, 15) is 4.79 Å². The lowest BCUT2D eigenvalue weighted by atomic mass is 9.98. The van der Waals surface area contributed by atoms with Gasteiger partial charge in [-0.25, -0.2) is 0 Å². The molecule has 1 amide bonds. The third-order valence-corrected chi connectivity index (χ3v) is 4.11. The van der Waals surface area contributed by atoms with Gasteiger partial charge in [-0.1, -0.05) is 34.1 Å². The van der Waals surface area contributed by atoms with Crippen LogP contribution >= 0.6 is 0 Å². The molecule has 1 fully saturated rings. The van der Waals surface area contributed by atoms with Gasteiger partial charge in [0.25, 0.3) is 0 Å². The molecule has 0 aliphatic carbocycles. The molecule has 0 saturated carbocycles. The standard InChI is InChI=1S/C14H28N2O/c1-6-10-11(7-2)16-12(8-3)15-14(5,9-4)13(16)17/h11-12,15H,6-10H2,1-5H3. The first-order valence-corrected chi connectivity index (χ1v) is 7.14. The van der Waals surface area contributed by atoms with Gasteiger partial charge in [0.2, 0.25) is 5.91 Å². The van der Waals surface area contributed by atoms with Crippen LogP contribution in [0.5, 0.6) is 0 Å². The zero-order valence-electron chi connectivity index (χ0n) is 12.0. The fraction of sp³-hybridized carbons (Fsp3) is 0.929. The van der Waals surface area contributed by atoms with Crippen LogP contribution in [0.2, 0.25) is 0 Å². The first-order chi connectivity index (χ1) is 8.03. The van der Waals surface area contributed by atoms with Gasteiger partial charge in [-0.2, -0.15) is 0 Å². The van der Waals surface area contributed by atoms with Crippen molar-refractivity contribution in [1.82, 2.24) is 10.2 Å². The van der Waals surface area contributed by atoms with E-state index in [1.54, 1.807) is 0 Å². The second-order valence-electron chi connectivity index (χ2n) is 5.32. The molecule has 0 aromatic carbocycles. The molecule has 3 unspecified atom stereocenters. The van der Waals surface area contributed by atoms with Crippen molar-refractivity contribution >= 4 is 5.91 Å². The van der Waals surface area contributed by atoms with E-state index in [1.807, 2.05) is 6.92 Å². The summed E-state index contributed by atoms with van der Waals surface area (Å²) in [6.07, 6.45) is 5.38.